The Hall–Kier alpha value is -2.42. The minimum absolute atomic E-state index is 0.00247. The van der Waals surface area contributed by atoms with Crippen molar-refractivity contribution in [1.82, 2.24) is 4.90 Å². The van der Waals surface area contributed by atoms with Gasteiger partial charge in [0.05, 0.1) is 11.0 Å². The summed E-state index contributed by atoms with van der Waals surface area (Å²) in [6.07, 6.45) is 0.268. The molecule has 0 bridgehead atoms. The Morgan fingerprint density at radius 1 is 1.35 bits per heavy atom. The molecule has 0 aromatic heterocycles. The molecule has 0 N–H and O–H groups in total. The van der Waals surface area contributed by atoms with Gasteiger partial charge in [0.15, 0.2) is 0 Å². The largest absolute Gasteiger partial charge is 0.342 e. The summed E-state index contributed by atoms with van der Waals surface area (Å²) in [7, 11) is 0. The van der Waals surface area contributed by atoms with Crippen LogP contribution in [0.2, 0.25) is 0 Å². The molecule has 1 rings (SSSR count). The van der Waals surface area contributed by atoms with Crippen molar-refractivity contribution < 1.29 is 9.72 Å². The summed E-state index contributed by atoms with van der Waals surface area (Å²) in [5.74, 6) is -0.952. The van der Waals surface area contributed by atoms with Crippen molar-refractivity contribution in [2.45, 2.75) is 20.3 Å². The van der Waals surface area contributed by atoms with Gasteiger partial charge in [-0.2, -0.15) is 5.26 Å². The van der Waals surface area contributed by atoms with Crippen LogP contribution in [0.1, 0.15) is 19.4 Å². The summed E-state index contributed by atoms with van der Waals surface area (Å²) in [6.45, 7) is 4.85. The summed E-state index contributed by atoms with van der Waals surface area (Å²) in [5.41, 5.74) is 0.736. The standard InChI is InChI=1S/C14H17N3O3/c1-3-16(4-2)14(18)12(10-15)9-11-5-7-13(8-6-11)17(19)20/h5-8,12H,3-4,9H2,1-2H3. The lowest BCUT2D eigenvalue weighted by atomic mass is 9.99. The lowest BCUT2D eigenvalue weighted by molar-refractivity contribution is -0.384. The number of nitriles is 1. The smallest absolute Gasteiger partial charge is 0.269 e. The normalized spacial score (nSPS) is 11.4. The number of nitro benzene ring substituents is 1. The third-order valence-electron chi connectivity index (χ3n) is 3.12. The number of carbonyl (C=O) groups excluding carboxylic acids is 1. The van der Waals surface area contributed by atoms with Crippen molar-refractivity contribution in [3.8, 4) is 6.07 Å². The van der Waals surface area contributed by atoms with Gasteiger partial charge in [-0.3, -0.25) is 14.9 Å². The van der Waals surface area contributed by atoms with Crippen LogP contribution in [0.25, 0.3) is 0 Å². The molecular weight excluding hydrogens is 258 g/mol. The molecule has 0 radical (unpaired) electrons. The molecule has 0 aliphatic rings. The number of benzene rings is 1. The Labute approximate surface area is 117 Å². The van der Waals surface area contributed by atoms with Gasteiger partial charge in [-0.15, -0.1) is 0 Å². The molecule has 0 saturated carbocycles. The van der Waals surface area contributed by atoms with Crippen LogP contribution >= 0.6 is 0 Å². The molecule has 1 unspecified atom stereocenters. The Morgan fingerprint density at radius 2 is 1.90 bits per heavy atom. The van der Waals surface area contributed by atoms with Crippen molar-refractivity contribution in [2.24, 2.45) is 5.92 Å². The van der Waals surface area contributed by atoms with Crippen molar-refractivity contribution >= 4 is 11.6 Å². The predicted octanol–water partition coefficient (Wildman–Crippen LogP) is 2.15. The van der Waals surface area contributed by atoms with Crippen molar-refractivity contribution in [3.05, 3.63) is 39.9 Å². The van der Waals surface area contributed by atoms with E-state index in [1.165, 1.54) is 12.1 Å². The van der Waals surface area contributed by atoms with Crippen molar-refractivity contribution in [1.29, 1.82) is 5.26 Å². The number of hydrogen-bond donors (Lipinski definition) is 0. The highest BCUT2D eigenvalue weighted by Crippen LogP contribution is 2.16. The van der Waals surface area contributed by atoms with Crippen molar-refractivity contribution in [3.63, 3.8) is 0 Å². The minimum atomic E-state index is -0.753. The number of non-ortho nitro benzene ring substituents is 1. The molecule has 0 aliphatic carbocycles. The summed E-state index contributed by atoms with van der Waals surface area (Å²) >= 11 is 0. The topological polar surface area (TPSA) is 87.2 Å². The monoisotopic (exact) mass is 275 g/mol. The van der Waals surface area contributed by atoms with Crippen LogP contribution in [0.5, 0.6) is 0 Å². The molecule has 1 aromatic rings. The van der Waals surface area contributed by atoms with E-state index in [0.29, 0.717) is 13.1 Å². The lowest BCUT2D eigenvalue weighted by Crippen LogP contribution is -2.36. The summed E-state index contributed by atoms with van der Waals surface area (Å²) in [4.78, 5) is 23.8. The van der Waals surface area contributed by atoms with Crippen LogP contribution in [-0.4, -0.2) is 28.8 Å². The molecular formula is C14H17N3O3. The first-order valence-corrected chi connectivity index (χ1v) is 6.45. The second-order valence-corrected chi connectivity index (χ2v) is 4.32. The second-order valence-electron chi connectivity index (χ2n) is 4.32. The third-order valence-corrected chi connectivity index (χ3v) is 3.12. The van der Waals surface area contributed by atoms with Gasteiger partial charge in [0.2, 0.25) is 5.91 Å². The quantitative estimate of drug-likeness (QED) is 0.588. The zero-order valence-corrected chi connectivity index (χ0v) is 11.6. The highest BCUT2D eigenvalue weighted by atomic mass is 16.6. The molecule has 1 aromatic carbocycles. The number of hydrogen-bond acceptors (Lipinski definition) is 4. The maximum Gasteiger partial charge on any atom is 0.269 e. The molecule has 106 valence electrons. The van der Waals surface area contributed by atoms with E-state index >= 15 is 0 Å². The molecule has 0 aliphatic heterocycles. The van der Waals surface area contributed by atoms with E-state index in [1.807, 2.05) is 19.9 Å². The Morgan fingerprint density at radius 3 is 2.30 bits per heavy atom. The molecule has 0 saturated heterocycles. The van der Waals surface area contributed by atoms with Crippen LogP contribution in [0.3, 0.4) is 0 Å². The maximum atomic E-state index is 12.1. The first kappa shape index (κ1) is 15.6. The number of nitrogens with zero attached hydrogens (tertiary/aromatic N) is 3. The molecule has 1 amide bonds. The van der Waals surface area contributed by atoms with Crippen LogP contribution in [-0.2, 0) is 11.2 Å². The fraction of sp³-hybridized carbons (Fsp3) is 0.429. The number of amides is 1. The van der Waals surface area contributed by atoms with E-state index in [2.05, 4.69) is 0 Å². The van der Waals surface area contributed by atoms with Crippen molar-refractivity contribution in [2.75, 3.05) is 13.1 Å². The van der Waals surface area contributed by atoms with E-state index in [0.717, 1.165) is 5.56 Å². The Balaban J connectivity index is 2.81. The SMILES string of the molecule is CCN(CC)C(=O)C(C#N)Cc1ccc([N+](=O)[O-])cc1. The van der Waals surface area contributed by atoms with Crippen LogP contribution < -0.4 is 0 Å². The van der Waals surface area contributed by atoms with Crippen LogP contribution in [0.4, 0.5) is 5.69 Å². The van der Waals surface area contributed by atoms with Gasteiger partial charge in [-0.25, -0.2) is 0 Å². The van der Waals surface area contributed by atoms with E-state index in [4.69, 9.17) is 5.26 Å². The molecule has 20 heavy (non-hydrogen) atoms. The van der Waals surface area contributed by atoms with E-state index in [-0.39, 0.29) is 18.0 Å². The van der Waals surface area contributed by atoms with E-state index in [9.17, 15) is 14.9 Å². The maximum absolute atomic E-state index is 12.1. The van der Waals surface area contributed by atoms with Gasteiger partial charge in [0.1, 0.15) is 5.92 Å². The van der Waals surface area contributed by atoms with E-state index < -0.39 is 10.8 Å². The van der Waals surface area contributed by atoms with Crippen LogP contribution in [0, 0.1) is 27.4 Å². The Kier molecular flexibility index (Phi) is 5.66. The highest BCUT2D eigenvalue weighted by molar-refractivity contribution is 5.81. The fourth-order valence-corrected chi connectivity index (χ4v) is 1.93. The zero-order valence-electron chi connectivity index (χ0n) is 11.6. The van der Waals surface area contributed by atoms with Gasteiger partial charge in [0, 0.05) is 25.2 Å². The second kappa shape index (κ2) is 7.24. The molecule has 6 heteroatoms. The fourth-order valence-electron chi connectivity index (χ4n) is 1.93. The summed E-state index contributed by atoms with van der Waals surface area (Å²) < 4.78 is 0. The van der Waals surface area contributed by atoms with Gasteiger partial charge in [-0.1, -0.05) is 12.1 Å². The van der Waals surface area contributed by atoms with Gasteiger partial charge in [0.25, 0.3) is 5.69 Å². The number of rotatable bonds is 6. The highest BCUT2D eigenvalue weighted by Gasteiger charge is 2.22. The zero-order chi connectivity index (χ0) is 15.1. The number of nitro groups is 1. The lowest BCUT2D eigenvalue weighted by Gasteiger charge is -2.21. The molecule has 0 spiro atoms. The predicted molar refractivity (Wildman–Crippen MR) is 73.8 cm³/mol. The third kappa shape index (κ3) is 3.79. The Bertz CT molecular complexity index is 515. The average molecular weight is 275 g/mol. The molecule has 0 fully saturated rings. The molecule has 0 heterocycles. The molecule has 1 atom stereocenters. The first-order valence-electron chi connectivity index (χ1n) is 6.45. The molecule has 6 nitrogen and oxygen atoms in total. The van der Waals surface area contributed by atoms with E-state index in [1.54, 1.807) is 17.0 Å². The first-order chi connectivity index (χ1) is 9.53. The summed E-state index contributed by atoms with van der Waals surface area (Å²) in [5, 5.41) is 19.7. The summed E-state index contributed by atoms with van der Waals surface area (Å²) in [6, 6.07) is 7.94. The van der Waals surface area contributed by atoms with Gasteiger partial charge >= 0.3 is 0 Å². The number of carbonyl (C=O) groups is 1. The van der Waals surface area contributed by atoms with Gasteiger partial charge in [-0.05, 0) is 25.8 Å². The van der Waals surface area contributed by atoms with Gasteiger partial charge < -0.3 is 4.90 Å². The average Bonchev–Trinajstić information content (AvgIpc) is 2.46. The minimum Gasteiger partial charge on any atom is -0.342 e. The van der Waals surface area contributed by atoms with Crippen LogP contribution in [0.15, 0.2) is 24.3 Å².